The van der Waals surface area contributed by atoms with Gasteiger partial charge in [-0.25, -0.2) is 0 Å². The second-order valence-corrected chi connectivity index (χ2v) is 3.99. The quantitative estimate of drug-likeness (QED) is 0.606. The first-order valence-electron chi connectivity index (χ1n) is 5.79. The van der Waals surface area contributed by atoms with Gasteiger partial charge in [0.05, 0.1) is 0 Å². The molecule has 0 aliphatic heterocycles. The molecule has 17 heavy (non-hydrogen) atoms. The maximum absolute atomic E-state index is 5.72. The largest absolute Gasteiger partial charge is 0.399 e. The number of aromatic nitrogens is 1. The predicted octanol–water partition coefficient (Wildman–Crippen LogP) is 2.00. The number of nitrogens with one attached hydrogen (secondary N) is 1. The Morgan fingerprint density at radius 2 is 2.06 bits per heavy atom. The molecule has 0 unspecified atom stereocenters. The molecule has 0 atom stereocenters. The molecule has 0 saturated carbocycles. The first-order chi connectivity index (χ1) is 8.34. The fourth-order valence-electron chi connectivity index (χ4n) is 1.70. The normalized spacial score (nSPS) is 10.4. The Labute approximate surface area is 102 Å². The average Bonchev–Trinajstić information content (AvgIpc) is 2.36. The lowest BCUT2D eigenvalue weighted by atomic mass is 10.2. The van der Waals surface area contributed by atoms with Crippen LogP contribution in [0.25, 0.3) is 0 Å². The summed E-state index contributed by atoms with van der Waals surface area (Å²) >= 11 is 0. The monoisotopic (exact) mass is 227 g/mol. The molecule has 2 rings (SSSR count). The van der Waals surface area contributed by atoms with Crippen molar-refractivity contribution in [3.63, 3.8) is 0 Å². The molecule has 0 bridgehead atoms. The third kappa shape index (κ3) is 3.89. The van der Waals surface area contributed by atoms with Crippen LogP contribution in [0.1, 0.15) is 11.3 Å². The van der Waals surface area contributed by atoms with Crippen LogP contribution in [0.15, 0.2) is 48.7 Å². The molecule has 0 spiro atoms. The number of benzene rings is 1. The number of nitrogens with two attached hydrogens (primary N) is 1. The summed E-state index contributed by atoms with van der Waals surface area (Å²) in [4.78, 5) is 4.28. The van der Waals surface area contributed by atoms with Crippen molar-refractivity contribution in [1.29, 1.82) is 0 Å². The topological polar surface area (TPSA) is 50.9 Å². The second-order valence-electron chi connectivity index (χ2n) is 3.99. The third-order valence-corrected chi connectivity index (χ3v) is 2.56. The maximum Gasteiger partial charge on any atom is 0.0416 e. The van der Waals surface area contributed by atoms with Gasteiger partial charge in [-0.1, -0.05) is 18.2 Å². The van der Waals surface area contributed by atoms with E-state index in [1.165, 1.54) is 5.56 Å². The lowest BCUT2D eigenvalue weighted by Crippen LogP contribution is -2.17. The highest BCUT2D eigenvalue weighted by atomic mass is 14.9. The molecule has 1 heterocycles. The molecule has 0 radical (unpaired) electrons. The van der Waals surface area contributed by atoms with Gasteiger partial charge in [-0.3, -0.25) is 4.98 Å². The Kier molecular flexibility index (Phi) is 4.11. The van der Waals surface area contributed by atoms with Gasteiger partial charge in [-0.2, -0.15) is 0 Å². The van der Waals surface area contributed by atoms with Crippen LogP contribution in [0.3, 0.4) is 0 Å². The minimum atomic E-state index is 0.814. The van der Waals surface area contributed by atoms with Crippen LogP contribution in [-0.4, -0.2) is 11.5 Å². The van der Waals surface area contributed by atoms with Crippen LogP contribution in [-0.2, 0) is 13.0 Å². The fraction of sp³-hybridized carbons (Fsp3) is 0.214. The molecule has 3 N–H and O–H groups in total. The van der Waals surface area contributed by atoms with Crippen LogP contribution >= 0.6 is 0 Å². The van der Waals surface area contributed by atoms with Crippen molar-refractivity contribution in [2.75, 3.05) is 12.3 Å². The van der Waals surface area contributed by atoms with Crippen LogP contribution in [0.5, 0.6) is 0 Å². The Morgan fingerprint density at radius 1 is 1.12 bits per heavy atom. The van der Waals surface area contributed by atoms with E-state index in [4.69, 9.17) is 5.73 Å². The zero-order valence-corrected chi connectivity index (χ0v) is 9.76. The Balaban J connectivity index is 1.73. The smallest absolute Gasteiger partial charge is 0.0416 e. The molecule has 88 valence electrons. The Bertz CT molecular complexity index is 454. The maximum atomic E-state index is 5.72. The molecule has 3 heteroatoms. The number of hydrogen-bond donors (Lipinski definition) is 2. The summed E-state index contributed by atoms with van der Waals surface area (Å²) in [7, 11) is 0. The minimum Gasteiger partial charge on any atom is -0.399 e. The van der Waals surface area contributed by atoms with Crippen molar-refractivity contribution >= 4 is 5.69 Å². The SMILES string of the molecule is Nc1cccc(CNCCc2ccccn2)c1. The van der Waals surface area contributed by atoms with Crippen LogP contribution in [0, 0.1) is 0 Å². The van der Waals surface area contributed by atoms with E-state index < -0.39 is 0 Å². The first-order valence-corrected chi connectivity index (χ1v) is 5.79. The highest BCUT2D eigenvalue weighted by Gasteiger charge is 1.95. The van der Waals surface area contributed by atoms with E-state index >= 15 is 0 Å². The van der Waals surface area contributed by atoms with Gasteiger partial charge in [0.25, 0.3) is 0 Å². The van der Waals surface area contributed by atoms with E-state index in [0.717, 1.165) is 30.9 Å². The van der Waals surface area contributed by atoms with E-state index in [2.05, 4.69) is 16.4 Å². The lowest BCUT2D eigenvalue weighted by molar-refractivity contribution is 0.680. The molecule has 1 aromatic heterocycles. The Morgan fingerprint density at radius 3 is 2.82 bits per heavy atom. The minimum absolute atomic E-state index is 0.814. The third-order valence-electron chi connectivity index (χ3n) is 2.56. The van der Waals surface area contributed by atoms with Gasteiger partial charge in [0.1, 0.15) is 0 Å². The molecule has 0 aliphatic rings. The number of rotatable bonds is 5. The van der Waals surface area contributed by atoms with E-state index in [9.17, 15) is 0 Å². The van der Waals surface area contributed by atoms with E-state index in [1.807, 2.05) is 42.6 Å². The van der Waals surface area contributed by atoms with Crippen molar-refractivity contribution in [1.82, 2.24) is 10.3 Å². The van der Waals surface area contributed by atoms with Crippen molar-refractivity contribution < 1.29 is 0 Å². The Hall–Kier alpha value is -1.87. The second kappa shape index (κ2) is 6.01. The molecule has 0 amide bonds. The number of pyridine rings is 1. The van der Waals surface area contributed by atoms with Crippen LogP contribution in [0.2, 0.25) is 0 Å². The zero-order valence-electron chi connectivity index (χ0n) is 9.76. The highest BCUT2D eigenvalue weighted by molar-refractivity contribution is 5.40. The highest BCUT2D eigenvalue weighted by Crippen LogP contribution is 2.05. The van der Waals surface area contributed by atoms with Crippen LogP contribution < -0.4 is 11.1 Å². The summed E-state index contributed by atoms with van der Waals surface area (Å²) in [5.74, 6) is 0. The van der Waals surface area contributed by atoms with Gasteiger partial charge in [0.15, 0.2) is 0 Å². The zero-order chi connectivity index (χ0) is 11.9. The van der Waals surface area contributed by atoms with Gasteiger partial charge >= 0.3 is 0 Å². The molecular weight excluding hydrogens is 210 g/mol. The van der Waals surface area contributed by atoms with Gasteiger partial charge < -0.3 is 11.1 Å². The molecular formula is C14H17N3. The van der Waals surface area contributed by atoms with Gasteiger partial charge in [0.2, 0.25) is 0 Å². The fourth-order valence-corrected chi connectivity index (χ4v) is 1.70. The van der Waals surface area contributed by atoms with Crippen molar-refractivity contribution in [3.8, 4) is 0 Å². The number of anilines is 1. The van der Waals surface area contributed by atoms with Gasteiger partial charge in [-0.05, 0) is 29.8 Å². The summed E-state index contributed by atoms with van der Waals surface area (Å²) in [5.41, 5.74) is 8.86. The number of hydrogen-bond acceptors (Lipinski definition) is 3. The molecule has 0 saturated heterocycles. The van der Waals surface area contributed by atoms with E-state index in [0.29, 0.717) is 0 Å². The number of nitrogen functional groups attached to an aromatic ring is 1. The molecule has 1 aromatic carbocycles. The average molecular weight is 227 g/mol. The predicted molar refractivity (Wildman–Crippen MR) is 70.5 cm³/mol. The summed E-state index contributed by atoms with van der Waals surface area (Å²) in [6.45, 7) is 1.77. The van der Waals surface area contributed by atoms with Crippen LogP contribution in [0.4, 0.5) is 5.69 Å². The van der Waals surface area contributed by atoms with Crippen molar-refractivity contribution in [3.05, 3.63) is 59.9 Å². The lowest BCUT2D eigenvalue weighted by Gasteiger charge is -2.05. The molecule has 2 aromatic rings. The standard InChI is InChI=1S/C14H17N3/c15-13-5-3-4-12(10-13)11-16-9-7-14-6-1-2-8-17-14/h1-6,8,10,16H,7,9,11,15H2. The number of nitrogens with zero attached hydrogens (tertiary/aromatic N) is 1. The van der Waals surface area contributed by atoms with Crippen molar-refractivity contribution in [2.24, 2.45) is 0 Å². The molecule has 0 aliphatic carbocycles. The van der Waals surface area contributed by atoms with Gasteiger partial charge in [0, 0.05) is 37.1 Å². The van der Waals surface area contributed by atoms with E-state index in [1.54, 1.807) is 0 Å². The van der Waals surface area contributed by atoms with E-state index in [-0.39, 0.29) is 0 Å². The molecule has 3 nitrogen and oxygen atoms in total. The first kappa shape index (κ1) is 11.6. The summed E-state index contributed by atoms with van der Waals surface area (Å²) in [6, 6.07) is 13.9. The molecule has 0 fully saturated rings. The summed E-state index contributed by atoms with van der Waals surface area (Å²) in [5, 5.41) is 3.38. The van der Waals surface area contributed by atoms with Gasteiger partial charge in [-0.15, -0.1) is 0 Å². The van der Waals surface area contributed by atoms with Crippen molar-refractivity contribution in [2.45, 2.75) is 13.0 Å². The summed E-state index contributed by atoms with van der Waals surface area (Å²) in [6.07, 6.45) is 2.77. The summed E-state index contributed by atoms with van der Waals surface area (Å²) < 4.78 is 0.